The van der Waals surface area contributed by atoms with Crippen LogP contribution in [0.15, 0.2) is 24.3 Å². The van der Waals surface area contributed by atoms with E-state index in [0.717, 1.165) is 50.6 Å². The largest absolute Gasteiger partial charge is 0.316 e. The zero-order chi connectivity index (χ0) is 13.5. The maximum atomic E-state index is 13.2. The van der Waals surface area contributed by atoms with Gasteiger partial charge in [-0.05, 0) is 62.5 Å². The lowest BCUT2D eigenvalue weighted by atomic mass is 9.98. The first kappa shape index (κ1) is 14.5. The van der Waals surface area contributed by atoms with Crippen LogP contribution in [-0.4, -0.2) is 31.1 Å². The van der Waals surface area contributed by atoms with Crippen LogP contribution < -0.4 is 5.32 Å². The minimum absolute atomic E-state index is 0.131. The Kier molecular flexibility index (Phi) is 5.80. The molecule has 1 fully saturated rings. The molecule has 1 saturated heterocycles. The van der Waals surface area contributed by atoms with Gasteiger partial charge in [0.15, 0.2) is 0 Å². The van der Waals surface area contributed by atoms with Crippen molar-refractivity contribution in [3.05, 3.63) is 35.6 Å². The van der Waals surface area contributed by atoms with E-state index >= 15 is 0 Å². The molecule has 1 aromatic carbocycles. The standard InChI is InChI=1S/C16H25FN2/c1-2-9-19(13-15-6-4-8-18-11-15)12-14-5-3-7-16(17)10-14/h3,5,7,10,15,18H,2,4,6,8-9,11-13H2,1H3. The summed E-state index contributed by atoms with van der Waals surface area (Å²) in [5, 5.41) is 3.47. The van der Waals surface area contributed by atoms with E-state index in [0.29, 0.717) is 0 Å². The maximum absolute atomic E-state index is 13.2. The molecule has 0 amide bonds. The van der Waals surface area contributed by atoms with E-state index < -0.39 is 0 Å². The van der Waals surface area contributed by atoms with E-state index in [2.05, 4.69) is 17.1 Å². The number of benzene rings is 1. The van der Waals surface area contributed by atoms with Crippen molar-refractivity contribution in [3.63, 3.8) is 0 Å². The average molecular weight is 264 g/mol. The van der Waals surface area contributed by atoms with Crippen LogP contribution in [0.5, 0.6) is 0 Å². The van der Waals surface area contributed by atoms with Crippen molar-refractivity contribution in [3.8, 4) is 0 Å². The first-order chi connectivity index (χ1) is 9.28. The number of halogens is 1. The van der Waals surface area contributed by atoms with E-state index in [-0.39, 0.29) is 5.82 Å². The number of hydrogen-bond acceptors (Lipinski definition) is 2. The lowest BCUT2D eigenvalue weighted by Crippen LogP contribution is -2.38. The molecule has 106 valence electrons. The van der Waals surface area contributed by atoms with Gasteiger partial charge in [-0.15, -0.1) is 0 Å². The third-order valence-electron chi connectivity index (χ3n) is 3.75. The van der Waals surface area contributed by atoms with Gasteiger partial charge in [0.2, 0.25) is 0 Å². The van der Waals surface area contributed by atoms with Crippen molar-refractivity contribution in [2.24, 2.45) is 5.92 Å². The molecule has 2 rings (SSSR count). The summed E-state index contributed by atoms with van der Waals surface area (Å²) < 4.78 is 13.2. The Hall–Kier alpha value is -0.930. The fraction of sp³-hybridized carbons (Fsp3) is 0.625. The summed E-state index contributed by atoms with van der Waals surface area (Å²) in [7, 11) is 0. The smallest absolute Gasteiger partial charge is 0.123 e. The van der Waals surface area contributed by atoms with Crippen molar-refractivity contribution >= 4 is 0 Å². The predicted molar refractivity (Wildman–Crippen MR) is 77.6 cm³/mol. The summed E-state index contributed by atoms with van der Waals surface area (Å²) in [6.07, 6.45) is 3.75. The lowest BCUT2D eigenvalue weighted by Gasteiger charge is -2.30. The molecule has 0 aliphatic carbocycles. The SMILES string of the molecule is CCCN(Cc1cccc(F)c1)CC1CCCNC1. The molecule has 0 radical (unpaired) electrons. The molecular weight excluding hydrogens is 239 g/mol. The van der Waals surface area contributed by atoms with Crippen LogP contribution in [0.3, 0.4) is 0 Å². The van der Waals surface area contributed by atoms with Crippen molar-refractivity contribution in [2.45, 2.75) is 32.7 Å². The molecule has 0 saturated carbocycles. The summed E-state index contributed by atoms with van der Waals surface area (Å²) in [4.78, 5) is 2.46. The molecule has 0 bridgehead atoms. The first-order valence-corrected chi connectivity index (χ1v) is 7.45. The highest BCUT2D eigenvalue weighted by Gasteiger charge is 2.16. The van der Waals surface area contributed by atoms with Crippen LogP contribution in [0.1, 0.15) is 31.7 Å². The van der Waals surface area contributed by atoms with Crippen LogP contribution in [-0.2, 0) is 6.54 Å². The Bertz CT molecular complexity index is 375. The number of hydrogen-bond donors (Lipinski definition) is 1. The van der Waals surface area contributed by atoms with Crippen LogP contribution in [0.25, 0.3) is 0 Å². The van der Waals surface area contributed by atoms with Crippen molar-refractivity contribution < 1.29 is 4.39 Å². The Morgan fingerprint density at radius 1 is 1.42 bits per heavy atom. The van der Waals surface area contributed by atoms with Crippen LogP contribution >= 0.6 is 0 Å². The van der Waals surface area contributed by atoms with Crippen LogP contribution in [0, 0.1) is 11.7 Å². The van der Waals surface area contributed by atoms with Crippen molar-refractivity contribution in [2.75, 3.05) is 26.2 Å². The minimum atomic E-state index is -0.131. The van der Waals surface area contributed by atoms with Gasteiger partial charge in [0.1, 0.15) is 5.82 Å². The molecule has 1 aliphatic heterocycles. The summed E-state index contributed by atoms with van der Waals surface area (Å²) in [6.45, 7) is 7.57. The predicted octanol–water partition coefficient (Wildman–Crippen LogP) is 3.04. The lowest BCUT2D eigenvalue weighted by molar-refractivity contribution is 0.201. The fourth-order valence-electron chi connectivity index (χ4n) is 2.89. The molecule has 1 aromatic rings. The number of nitrogens with one attached hydrogen (secondary N) is 1. The summed E-state index contributed by atoms with van der Waals surface area (Å²) in [5.41, 5.74) is 1.08. The Morgan fingerprint density at radius 3 is 3.00 bits per heavy atom. The van der Waals surface area contributed by atoms with Gasteiger partial charge in [-0.25, -0.2) is 4.39 Å². The number of piperidine rings is 1. The fourth-order valence-corrected chi connectivity index (χ4v) is 2.89. The number of rotatable bonds is 6. The van der Waals surface area contributed by atoms with E-state index in [4.69, 9.17) is 0 Å². The topological polar surface area (TPSA) is 15.3 Å². The van der Waals surface area contributed by atoms with Gasteiger partial charge < -0.3 is 5.32 Å². The quantitative estimate of drug-likeness (QED) is 0.849. The molecule has 2 nitrogen and oxygen atoms in total. The van der Waals surface area contributed by atoms with Gasteiger partial charge in [-0.2, -0.15) is 0 Å². The molecular formula is C16H25FN2. The zero-order valence-electron chi connectivity index (χ0n) is 11.9. The molecule has 1 heterocycles. The Labute approximate surface area is 116 Å². The average Bonchev–Trinajstić information content (AvgIpc) is 2.40. The second-order valence-corrected chi connectivity index (χ2v) is 5.58. The van der Waals surface area contributed by atoms with E-state index in [1.807, 2.05) is 6.07 Å². The molecule has 3 heteroatoms. The highest BCUT2D eigenvalue weighted by Crippen LogP contribution is 2.15. The third kappa shape index (κ3) is 4.92. The highest BCUT2D eigenvalue weighted by atomic mass is 19.1. The van der Waals surface area contributed by atoms with Gasteiger partial charge in [0, 0.05) is 13.1 Å². The first-order valence-electron chi connectivity index (χ1n) is 7.45. The molecule has 0 aromatic heterocycles. The molecule has 0 spiro atoms. The maximum Gasteiger partial charge on any atom is 0.123 e. The molecule has 1 unspecified atom stereocenters. The monoisotopic (exact) mass is 264 g/mol. The van der Waals surface area contributed by atoms with E-state index in [1.165, 1.54) is 18.9 Å². The van der Waals surface area contributed by atoms with Crippen LogP contribution in [0.2, 0.25) is 0 Å². The van der Waals surface area contributed by atoms with Gasteiger partial charge in [0.05, 0.1) is 0 Å². The van der Waals surface area contributed by atoms with Gasteiger partial charge in [-0.1, -0.05) is 19.1 Å². The van der Waals surface area contributed by atoms with Gasteiger partial charge in [0.25, 0.3) is 0 Å². The molecule has 1 N–H and O–H groups in total. The van der Waals surface area contributed by atoms with Gasteiger partial charge in [-0.3, -0.25) is 4.90 Å². The molecule has 1 atom stereocenters. The highest BCUT2D eigenvalue weighted by molar-refractivity contribution is 5.16. The third-order valence-corrected chi connectivity index (χ3v) is 3.75. The number of nitrogens with zero attached hydrogens (tertiary/aromatic N) is 1. The van der Waals surface area contributed by atoms with Crippen molar-refractivity contribution in [1.29, 1.82) is 0 Å². The Morgan fingerprint density at radius 2 is 2.32 bits per heavy atom. The molecule has 19 heavy (non-hydrogen) atoms. The van der Waals surface area contributed by atoms with E-state index in [1.54, 1.807) is 12.1 Å². The second-order valence-electron chi connectivity index (χ2n) is 5.58. The van der Waals surface area contributed by atoms with Crippen molar-refractivity contribution in [1.82, 2.24) is 10.2 Å². The molecule has 1 aliphatic rings. The Balaban J connectivity index is 1.91. The van der Waals surface area contributed by atoms with Crippen LogP contribution in [0.4, 0.5) is 4.39 Å². The normalized spacial score (nSPS) is 19.8. The zero-order valence-corrected chi connectivity index (χ0v) is 11.9. The summed E-state index contributed by atoms with van der Waals surface area (Å²) in [5.74, 6) is 0.613. The van der Waals surface area contributed by atoms with Gasteiger partial charge >= 0.3 is 0 Å². The minimum Gasteiger partial charge on any atom is -0.316 e. The summed E-state index contributed by atoms with van der Waals surface area (Å²) >= 11 is 0. The van der Waals surface area contributed by atoms with E-state index in [9.17, 15) is 4.39 Å². The summed E-state index contributed by atoms with van der Waals surface area (Å²) in [6, 6.07) is 6.99. The second kappa shape index (κ2) is 7.61.